The minimum atomic E-state index is -0.355. The van der Waals surface area contributed by atoms with Crippen LogP contribution in [0.4, 0.5) is 0 Å². The number of carbonyl (C=O) groups excluding carboxylic acids is 2. The molecule has 0 aliphatic carbocycles. The van der Waals surface area contributed by atoms with Crippen LogP contribution in [-0.4, -0.2) is 54.7 Å². The van der Waals surface area contributed by atoms with Gasteiger partial charge in [-0.15, -0.1) is 0 Å². The molecule has 1 fully saturated rings. The summed E-state index contributed by atoms with van der Waals surface area (Å²) in [5.41, 5.74) is 2.80. The van der Waals surface area contributed by atoms with E-state index in [9.17, 15) is 9.59 Å². The molecule has 7 nitrogen and oxygen atoms in total. The van der Waals surface area contributed by atoms with Gasteiger partial charge in [-0.3, -0.25) is 14.8 Å². The van der Waals surface area contributed by atoms with E-state index in [-0.39, 0.29) is 11.8 Å². The molecule has 1 heterocycles. The second-order valence-electron chi connectivity index (χ2n) is 8.07. The van der Waals surface area contributed by atoms with Crippen molar-refractivity contribution in [1.82, 2.24) is 15.7 Å². The maximum atomic E-state index is 11.8. The number of allylic oxidation sites excluding steroid dienone is 1. The summed E-state index contributed by atoms with van der Waals surface area (Å²) in [7, 11) is 0. The molecule has 2 amide bonds. The van der Waals surface area contributed by atoms with Gasteiger partial charge in [-0.2, -0.15) is 0 Å². The zero-order valence-electron chi connectivity index (χ0n) is 18.5. The topological polar surface area (TPSA) is 90.9 Å². The van der Waals surface area contributed by atoms with E-state index in [1.807, 2.05) is 29.2 Å². The molecule has 3 rings (SSSR count). The highest BCUT2D eigenvalue weighted by Gasteiger charge is 2.18. The number of carbonyl (C=O) groups is 2. The fourth-order valence-corrected chi connectivity index (χ4v) is 3.87. The quantitative estimate of drug-likeness (QED) is 0.193. The van der Waals surface area contributed by atoms with Gasteiger partial charge in [-0.25, -0.2) is 5.48 Å². The maximum Gasteiger partial charge on any atom is 0.243 e. The number of ether oxygens (including phenoxy) is 1. The summed E-state index contributed by atoms with van der Waals surface area (Å²) >= 11 is 0. The standard InChI is InChI=1S/C25H33N3O4/c29-24(27-31)13-3-1-2-8-20(18-26-15-17-28-16-7-14-25(28)30)19-32-23-12-6-10-21-9-4-5-11-22(21)23/h4-6,8-12,26,31H,1-3,7,13-19H2,(H,27,29)/b20-8-. The van der Waals surface area contributed by atoms with Crippen LogP contribution in [0.15, 0.2) is 54.1 Å². The highest BCUT2D eigenvalue weighted by molar-refractivity contribution is 5.88. The van der Waals surface area contributed by atoms with Gasteiger partial charge in [0.15, 0.2) is 0 Å². The molecule has 2 aromatic carbocycles. The van der Waals surface area contributed by atoms with Gasteiger partial charge in [-0.05, 0) is 42.7 Å². The lowest BCUT2D eigenvalue weighted by Gasteiger charge is -2.17. The molecule has 0 bridgehead atoms. The predicted molar refractivity (Wildman–Crippen MR) is 125 cm³/mol. The van der Waals surface area contributed by atoms with Gasteiger partial charge in [0.1, 0.15) is 12.4 Å². The molecular weight excluding hydrogens is 406 g/mol. The molecule has 1 saturated heterocycles. The third-order valence-electron chi connectivity index (χ3n) is 5.66. The summed E-state index contributed by atoms with van der Waals surface area (Å²) in [4.78, 5) is 24.8. The van der Waals surface area contributed by atoms with Crippen molar-refractivity contribution in [1.29, 1.82) is 0 Å². The fourth-order valence-electron chi connectivity index (χ4n) is 3.87. The van der Waals surface area contributed by atoms with Crippen LogP contribution in [0.2, 0.25) is 0 Å². The zero-order valence-corrected chi connectivity index (χ0v) is 18.5. The van der Waals surface area contributed by atoms with Gasteiger partial charge in [0, 0.05) is 44.4 Å². The highest BCUT2D eigenvalue weighted by Crippen LogP contribution is 2.25. The number of rotatable bonds is 13. The first-order chi connectivity index (χ1) is 15.7. The van der Waals surface area contributed by atoms with Gasteiger partial charge in [-0.1, -0.05) is 42.5 Å². The van der Waals surface area contributed by atoms with Crippen LogP contribution < -0.4 is 15.5 Å². The first kappa shape index (κ1) is 23.8. The summed E-state index contributed by atoms with van der Waals surface area (Å²) in [6.07, 6.45) is 6.50. The average molecular weight is 440 g/mol. The number of benzene rings is 2. The van der Waals surface area contributed by atoms with E-state index in [1.165, 1.54) is 0 Å². The molecule has 0 atom stereocenters. The Hall–Kier alpha value is -2.90. The minimum Gasteiger partial charge on any atom is -0.489 e. The van der Waals surface area contributed by atoms with Gasteiger partial charge >= 0.3 is 0 Å². The van der Waals surface area contributed by atoms with Crippen molar-refractivity contribution in [3.63, 3.8) is 0 Å². The molecule has 0 spiro atoms. The molecule has 32 heavy (non-hydrogen) atoms. The number of fused-ring (bicyclic) bond motifs is 1. The minimum absolute atomic E-state index is 0.244. The van der Waals surface area contributed by atoms with E-state index in [0.717, 1.165) is 61.0 Å². The molecule has 3 N–H and O–H groups in total. The van der Waals surface area contributed by atoms with E-state index in [1.54, 1.807) is 5.48 Å². The van der Waals surface area contributed by atoms with Crippen LogP contribution in [-0.2, 0) is 9.59 Å². The summed E-state index contributed by atoms with van der Waals surface area (Å²) in [6.45, 7) is 3.49. The number of nitrogens with one attached hydrogen (secondary N) is 2. The zero-order chi connectivity index (χ0) is 22.6. The van der Waals surface area contributed by atoms with Crippen LogP contribution in [0, 0.1) is 0 Å². The van der Waals surface area contributed by atoms with Crippen molar-refractivity contribution < 1.29 is 19.5 Å². The summed E-state index contributed by atoms with van der Waals surface area (Å²) in [6, 6.07) is 14.2. The molecule has 0 aromatic heterocycles. The normalized spacial score (nSPS) is 14.2. The SMILES string of the molecule is O=C(CCCC/C=C(/CNCCN1CCCC1=O)COc1cccc2ccccc12)NO. The van der Waals surface area contributed by atoms with Gasteiger partial charge in [0.2, 0.25) is 11.8 Å². The van der Waals surface area contributed by atoms with Gasteiger partial charge in [0.25, 0.3) is 0 Å². The van der Waals surface area contributed by atoms with E-state index >= 15 is 0 Å². The van der Waals surface area contributed by atoms with Crippen molar-refractivity contribution in [2.45, 2.75) is 38.5 Å². The van der Waals surface area contributed by atoms with Crippen LogP contribution in [0.5, 0.6) is 5.75 Å². The number of hydrogen-bond donors (Lipinski definition) is 3. The number of unbranched alkanes of at least 4 members (excludes halogenated alkanes) is 2. The molecule has 1 aliphatic rings. The molecular formula is C25H33N3O4. The largest absolute Gasteiger partial charge is 0.489 e. The number of amides is 2. The number of hydrogen-bond acceptors (Lipinski definition) is 5. The number of hydroxylamine groups is 1. The smallest absolute Gasteiger partial charge is 0.243 e. The number of likely N-dealkylation sites (tertiary alicyclic amines) is 1. The molecule has 2 aromatic rings. The average Bonchev–Trinajstić information content (AvgIpc) is 3.23. The first-order valence-electron chi connectivity index (χ1n) is 11.4. The van der Waals surface area contributed by atoms with Crippen molar-refractivity contribution >= 4 is 22.6 Å². The molecule has 7 heteroatoms. The van der Waals surface area contributed by atoms with Crippen LogP contribution in [0.3, 0.4) is 0 Å². The Bertz CT molecular complexity index is 923. The summed E-state index contributed by atoms with van der Waals surface area (Å²) in [5, 5.41) is 14.3. The van der Waals surface area contributed by atoms with Gasteiger partial charge in [0.05, 0.1) is 0 Å². The lowest BCUT2D eigenvalue weighted by molar-refractivity contribution is -0.129. The second kappa shape index (κ2) is 12.8. The first-order valence-corrected chi connectivity index (χ1v) is 11.4. The van der Waals surface area contributed by atoms with Crippen LogP contribution >= 0.6 is 0 Å². The Balaban J connectivity index is 1.53. The second-order valence-corrected chi connectivity index (χ2v) is 8.07. The van der Waals surface area contributed by atoms with Crippen LogP contribution in [0.1, 0.15) is 38.5 Å². The van der Waals surface area contributed by atoms with Crippen molar-refractivity contribution in [3.8, 4) is 5.75 Å². The monoisotopic (exact) mass is 439 g/mol. The van der Waals surface area contributed by atoms with Crippen molar-refractivity contribution in [2.24, 2.45) is 0 Å². The van der Waals surface area contributed by atoms with E-state index in [4.69, 9.17) is 9.94 Å². The fraction of sp³-hybridized carbons (Fsp3) is 0.440. The lowest BCUT2D eigenvalue weighted by atomic mass is 10.1. The Labute approximate surface area is 189 Å². The van der Waals surface area contributed by atoms with Crippen molar-refractivity contribution in [3.05, 3.63) is 54.1 Å². The third kappa shape index (κ3) is 7.35. The van der Waals surface area contributed by atoms with E-state index in [0.29, 0.717) is 32.4 Å². The summed E-state index contributed by atoms with van der Waals surface area (Å²) in [5.74, 6) is 0.747. The van der Waals surface area contributed by atoms with Gasteiger partial charge < -0.3 is 15.0 Å². The Morgan fingerprint density at radius 3 is 2.81 bits per heavy atom. The Kier molecular flexibility index (Phi) is 9.53. The Morgan fingerprint density at radius 2 is 2.00 bits per heavy atom. The molecule has 172 valence electrons. The predicted octanol–water partition coefficient (Wildman–Crippen LogP) is 3.42. The maximum absolute atomic E-state index is 11.8. The Morgan fingerprint density at radius 1 is 1.16 bits per heavy atom. The van der Waals surface area contributed by atoms with Crippen molar-refractivity contribution in [2.75, 3.05) is 32.8 Å². The molecule has 0 radical (unpaired) electrons. The highest BCUT2D eigenvalue weighted by atomic mass is 16.5. The summed E-state index contributed by atoms with van der Waals surface area (Å²) < 4.78 is 6.17. The third-order valence-corrected chi connectivity index (χ3v) is 5.66. The molecule has 0 saturated carbocycles. The molecule has 0 unspecified atom stereocenters. The van der Waals surface area contributed by atoms with E-state index < -0.39 is 0 Å². The number of nitrogens with zero attached hydrogens (tertiary/aromatic N) is 1. The molecule has 1 aliphatic heterocycles. The lowest BCUT2D eigenvalue weighted by Crippen LogP contribution is -2.34. The van der Waals surface area contributed by atoms with Crippen LogP contribution in [0.25, 0.3) is 10.8 Å². The van der Waals surface area contributed by atoms with E-state index in [2.05, 4.69) is 29.6 Å².